The lowest BCUT2D eigenvalue weighted by Gasteiger charge is -2.33. The Hall–Kier alpha value is -3.81. The number of pyridine rings is 1. The largest absolute Gasteiger partial charge is 0.483 e. The summed E-state index contributed by atoms with van der Waals surface area (Å²) in [4.78, 5) is 28.2. The highest BCUT2D eigenvalue weighted by Crippen LogP contribution is 2.44. The molecule has 14 heteroatoms. The normalized spacial score (nSPS) is 19.2. The van der Waals surface area contributed by atoms with Gasteiger partial charge in [0.15, 0.2) is 5.54 Å². The molecule has 4 N–H and O–H groups in total. The molecule has 0 bridgehead atoms. The van der Waals surface area contributed by atoms with E-state index in [4.69, 9.17) is 20.4 Å². The maximum Gasteiger partial charge on any atom is 0.387 e. The van der Waals surface area contributed by atoms with E-state index in [1.165, 1.54) is 0 Å². The molecule has 0 spiro atoms. The molecule has 0 unspecified atom stereocenters. The maximum absolute atomic E-state index is 14.7. The van der Waals surface area contributed by atoms with E-state index in [-0.39, 0.29) is 36.0 Å². The lowest BCUT2D eigenvalue weighted by molar-refractivity contribution is -0.122. The fourth-order valence-electron chi connectivity index (χ4n) is 2.94. The van der Waals surface area contributed by atoms with Crippen molar-refractivity contribution >= 4 is 23.9 Å². The zero-order chi connectivity index (χ0) is 25.5. The third-order valence-electron chi connectivity index (χ3n) is 4.56. The van der Waals surface area contributed by atoms with Gasteiger partial charge in [-0.3, -0.25) is 14.6 Å². The molecule has 9 nitrogen and oxygen atoms in total. The Bertz CT molecular complexity index is 1050. The molecule has 1 amide bonds. The van der Waals surface area contributed by atoms with Crippen LogP contribution < -0.4 is 15.8 Å². The number of benzene rings is 1. The average Bonchev–Trinajstić information content (AvgIpc) is 2.85. The number of hydrogen-bond acceptors (Lipinski definition) is 7. The third kappa shape index (κ3) is 6.15. The van der Waals surface area contributed by atoms with Crippen molar-refractivity contribution in [2.24, 2.45) is 10.7 Å². The predicted octanol–water partition coefficient (Wildman–Crippen LogP) is 3.01. The number of nitrogens with one attached hydrogen (secondary N) is 1. The number of carbonyl (C=O) groups is 2. The van der Waals surface area contributed by atoms with Crippen molar-refractivity contribution in [2.45, 2.75) is 25.0 Å². The first-order valence-corrected chi connectivity index (χ1v) is 9.33. The summed E-state index contributed by atoms with van der Waals surface area (Å²) in [5, 5.41) is 9.27. The van der Waals surface area contributed by atoms with Gasteiger partial charge in [0.25, 0.3) is 18.3 Å². The van der Waals surface area contributed by atoms with Gasteiger partial charge in [-0.25, -0.2) is 18.2 Å². The predicted molar refractivity (Wildman–Crippen MR) is 109 cm³/mol. The monoisotopic (exact) mass is 490 g/mol. The number of ether oxygens (including phenoxy) is 2. The molecule has 2 aromatic rings. The minimum absolute atomic E-state index is 0.0212. The van der Waals surface area contributed by atoms with Crippen molar-refractivity contribution < 1.29 is 46.1 Å². The summed E-state index contributed by atoms with van der Waals surface area (Å²) in [6.45, 7) is -3.65. The SMILES string of the molecule is C[C@]1(c2cc(NC(=O)c3ccc(OC(F)F)cn3)ccc2F)N=C(N)COCC1(F)F.O=CO. The molecule has 1 aromatic heterocycles. The molecule has 1 aliphatic rings. The Labute approximate surface area is 189 Å². The Morgan fingerprint density at radius 1 is 1.32 bits per heavy atom. The Morgan fingerprint density at radius 3 is 2.59 bits per heavy atom. The number of carbonyl (C=O) groups excluding carboxylic acids is 1. The second kappa shape index (κ2) is 10.9. The number of carboxylic acid groups (broad SMARTS) is 1. The highest BCUT2D eigenvalue weighted by molar-refractivity contribution is 6.02. The number of aliphatic imine (C=N–C) groups is 1. The van der Waals surface area contributed by atoms with Crippen LogP contribution in [0.3, 0.4) is 0 Å². The summed E-state index contributed by atoms with van der Waals surface area (Å²) in [7, 11) is 0. The number of aromatic nitrogens is 1. The number of hydrogen-bond donors (Lipinski definition) is 3. The van der Waals surface area contributed by atoms with Crippen molar-refractivity contribution in [1.82, 2.24) is 4.98 Å². The fourth-order valence-corrected chi connectivity index (χ4v) is 2.94. The Kier molecular flexibility index (Phi) is 8.46. The summed E-state index contributed by atoms with van der Waals surface area (Å²) < 4.78 is 77.3. The van der Waals surface area contributed by atoms with E-state index in [9.17, 15) is 26.7 Å². The first-order valence-electron chi connectivity index (χ1n) is 9.33. The number of nitrogens with zero attached hydrogens (tertiary/aromatic N) is 2. The lowest BCUT2D eigenvalue weighted by atomic mass is 9.85. The number of rotatable bonds is 5. The first-order chi connectivity index (χ1) is 15.9. The Morgan fingerprint density at radius 2 is 2.00 bits per heavy atom. The van der Waals surface area contributed by atoms with E-state index in [0.29, 0.717) is 0 Å². The zero-order valence-electron chi connectivity index (χ0n) is 17.5. The molecular weight excluding hydrogens is 471 g/mol. The van der Waals surface area contributed by atoms with Crippen LogP contribution >= 0.6 is 0 Å². The van der Waals surface area contributed by atoms with E-state index in [0.717, 1.165) is 43.5 Å². The fraction of sp³-hybridized carbons (Fsp3) is 0.300. The molecular formula is C20H19F5N4O5. The molecule has 1 atom stereocenters. The highest BCUT2D eigenvalue weighted by atomic mass is 19.3. The van der Waals surface area contributed by atoms with Gasteiger partial charge in [0, 0.05) is 11.3 Å². The molecule has 1 aromatic carbocycles. The van der Waals surface area contributed by atoms with Gasteiger partial charge in [0.2, 0.25) is 0 Å². The molecule has 0 saturated heterocycles. The number of anilines is 1. The molecule has 1 aliphatic heterocycles. The van der Waals surface area contributed by atoms with Crippen molar-refractivity contribution in [1.29, 1.82) is 0 Å². The van der Waals surface area contributed by atoms with Crippen LogP contribution in [0.15, 0.2) is 41.5 Å². The van der Waals surface area contributed by atoms with Crippen LogP contribution in [0.1, 0.15) is 23.0 Å². The number of amidine groups is 1. The average molecular weight is 490 g/mol. The molecule has 0 fully saturated rings. The molecule has 184 valence electrons. The quantitative estimate of drug-likeness (QED) is 0.433. The smallest absolute Gasteiger partial charge is 0.387 e. The maximum atomic E-state index is 14.7. The number of halogens is 5. The minimum Gasteiger partial charge on any atom is -0.483 e. The second-order valence-electron chi connectivity index (χ2n) is 6.88. The van der Waals surface area contributed by atoms with Gasteiger partial charge in [-0.05, 0) is 37.3 Å². The number of amides is 1. The Balaban J connectivity index is 0.00000129. The second-order valence-corrected chi connectivity index (χ2v) is 6.88. The van der Waals surface area contributed by atoms with Crippen LogP contribution in [0.2, 0.25) is 0 Å². The summed E-state index contributed by atoms with van der Waals surface area (Å²) in [5.41, 5.74) is 2.51. The summed E-state index contributed by atoms with van der Waals surface area (Å²) in [6.07, 6.45) is 0.918. The number of alkyl halides is 4. The standard InChI is InChI=1S/C19H17F5N4O3.CH2O2/c1-18(19(23,24)9-30-8-15(25)28-18)12-6-10(2-4-13(12)20)27-16(29)14-5-3-11(7-26-14)31-17(21)22;2-1-3/h2-7,17H,8-9H2,1H3,(H2,25,28)(H,27,29);1H,(H,2,3)/t18-;/m1./s1. The molecule has 34 heavy (non-hydrogen) atoms. The molecule has 0 radical (unpaired) electrons. The van der Waals surface area contributed by atoms with Gasteiger partial charge in [-0.1, -0.05) is 0 Å². The van der Waals surface area contributed by atoms with Crippen LogP contribution in [0.4, 0.5) is 27.6 Å². The molecule has 0 aliphatic carbocycles. The topological polar surface area (TPSA) is 136 Å². The zero-order valence-corrected chi connectivity index (χ0v) is 17.5. The number of nitrogens with two attached hydrogens (primary N) is 1. The van der Waals surface area contributed by atoms with Gasteiger partial charge in [0.1, 0.15) is 36.3 Å². The van der Waals surface area contributed by atoms with Crippen LogP contribution in [-0.2, 0) is 15.1 Å². The highest BCUT2D eigenvalue weighted by Gasteiger charge is 2.54. The van der Waals surface area contributed by atoms with Crippen molar-refractivity contribution in [3.63, 3.8) is 0 Å². The van der Waals surface area contributed by atoms with E-state index in [1.807, 2.05) is 0 Å². The van der Waals surface area contributed by atoms with Crippen LogP contribution in [0, 0.1) is 5.82 Å². The molecule has 2 heterocycles. The van der Waals surface area contributed by atoms with E-state index in [2.05, 4.69) is 20.0 Å². The van der Waals surface area contributed by atoms with Gasteiger partial charge in [0.05, 0.1) is 6.20 Å². The van der Waals surface area contributed by atoms with E-state index >= 15 is 0 Å². The van der Waals surface area contributed by atoms with Crippen molar-refractivity contribution in [3.05, 3.63) is 53.6 Å². The van der Waals surface area contributed by atoms with Gasteiger partial charge in [-0.15, -0.1) is 0 Å². The summed E-state index contributed by atoms with van der Waals surface area (Å²) in [5.74, 6) is -5.85. The summed E-state index contributed by atoms with van der Waals surface area (Å²) in [6, 6.07) is 5.30. The van der Waals surface area contributed by atoms with Crippen LogP contribution in [0.5, 0.6) is 5.75 Å². The summed E-state index contributed by atoms with van der Waals surface area (Å²) >= 11 is 0. The minimum atomic E-state index is -3.60. The van der Waals surface area contributed by atoms with Gasteiger partial charge in [-0.2, -0.15) is 8.78 Å². The third-order valence-corrected chi connectivity index (χ3v) is 4.56. The molecule has 0 saturated carbocycles. The van der Waals surface area contributed by atoms with E-state index < -0.39 is 42.0 Å². The van der Waals surface area contributed by atoms with Crippen molar-refractivity contribution in [3.8, 4) is 5.75 Å². The van der Waals surface area contributed by atoms with Crippen LogP contribution in [0.25, 0.3) is 0 Å². The van der Waals surface area contributed by atoms with E-state index in [1.54, 1.807) is 0 Å². The van der Waals surface area contributed by atoms with Crippen LogP contribution in [-0.4, -0.2) is 54.1 Å². The first kappa shape index (κ1) is 26.4. The van der Waals surface area contributed by atoms with Gasteiger partial charge >= 0.3 is 6.61 Å². The molecule has 3 rings (SSSR count). The van der Waals surface area contributed by atoms with Crippen molar-refractivity contribution in [2.75, 3.05) is 18.5 Å². The van der Waals surface area contributed by atoms with Gasteiger partial charge < -0.3 is 25.6 Å². The lowest BCUT2D eigenvalue weighted by Crippen LogP contribution is -2.45.